The highest BCUT2D eigenvalue weighted by atomic mass is 35.5. The molecule has 4 N–H and O–H groups in total. The van der Waals surface area contributed by atoms with Crippen LogP contribution in [0, 0.1) is 0 Å². The van der Waals surface area contributed by atoms with E-state index in [2.05, 4.69) is 0 Å². The minimum Gasteiger partial charge on any atom is -0.454 e. The normalized spacial score (nSPS) is 11.5. The molecule has 0 aliphatic carbocycles. The highest BCUT2D eigenvalue weighted by Gasteiger charge is 2.14. The minimum absolute atomic E-state index is 0.434. The Hall–Kier alpha value is -2.10. The molecule has 0 aromatic heterocycles. The van der Waals surface area contributed by atoms with Crippen LogP contribution in [-0.2, 0) is 0 Å². The molecule has 2 aromatic carbocycles. The van der Waals surface area contributed by atoms with Gasteiger partial charge < -0.3 is 16.2 Å². The highest BCUT2D eigenvalue weighted by Crippen LogP contribution is 2.40. The number of nitrogens with two attached hydrogens (primary N) is 2. The summed E-state index contributed by atoms with van der Waals surface area (Å²) in [6.45, 7) is 3.78. The third kappa shape index (κ3) is 3.63. The Morgan fingerprint density at radius 3 is 1.52 bits per heavy atom. The largest absolute Gasteiger partial charge is 0.454 e. The summed E-state index contributed by atoms with van der Waals surface area (Å²) in [6, 6.07) is 6.92. The van der Waals surface area contributed by atoms with Gasteiger partial charge in [-0.3, -0.25) is 0 Å². The molecule has 120 valence electrons. The Labute approximate surface area is 146 Å². The van der Waals surface area contributed by atoms with Crippen LogP contribution in [0.2, 0.25) is 10.0 Å². The number of rotatable bonds is 4. The SMILES string of the molecule is CC=Cc1c(N)ccc(Oc2ccc(N)c(C=CC)c2Cl)c1Cl. The predicted molar refractivity (Wildman–Crippen MR) is 101 cm³/mol. The van der Waals surface area contributed by atoms with Crippen molar-refractivity contribution in [3.8, 4) is 11.5 Å². The van der Waals surface area contributed by atoms with E-state index in [1.165, 1.54) is 0 Å². The van der Waals surface area contributed by atoms with E-state index in [0.717, 1.165) is 0 Å². The molecule has 0 saturated carbocycles. The van der Waals surface area contributed by atoms with Crippen molar-refractivity contribution in [1.29, 1.82) is 0 Å². The third-order valence-corrected chi connectivity index (χ3v) is 4.02. The van der Waals surface area contributed by atoms with Crippen LogP contribution in [0.15, 0.2) is 36.4 Å². The first-order valence-corrected chi connectivity index (χ1v) is 7.84. The summed E-state index contributed by atoms with van der Waals surface area (Å²) in [5.74, 6) is 0.958. The molecule has 0 bridgehead atoms. The van der Waals surface area contributed by atoms with Gasteiger partial charge in [0.25, 0.3) is 0 Å². The van der Waals surface area contributed by atoms with Crippen LogP contribution in [0.25, 0.3) is 12.2 Å². The number of anilines is 2. The van der Waals surface area contributed by atoms with Crippen LogP contribution in [0.3, 0.4) is 0 Å². The molecule has 0 aliphatic rings. The van der Waals surface area contributed by atoms with Gasteiger partial charge in [0.1, 0.15) is 11.5 Å². The lowest BCUT2D eigenvalue weighted by atomic mass is 10.1. The average Bonchev–Trinajstić information content (AvgIpc) is 2.53. The van der Waals surface area contributed by atoms with Crippen molar-refractivity contribution in [3.05, 3.63) is 57.6 Å². The molecule has 3 nitrogen and oxygen atoms in total. The van der Waals surface area contributed by atoms with Crippen molar-refractivity contribution in [2.75, 3.05) is 11.5 Å². The maximum absolute atomic E-state index is 6.39. The van der Waals surface area contributed by atoms with Gasteiger partial charge in [0.15, 0.2) is 0 Å². The molecular formula is C18H18Cl2N2O. The number of benzene rings is 2. The van der Waals surface area contributed by atoms with Crippen molar-refractivity contribution in [2.45, 2.75) is 13.8 Å². The van der Waals surface area contributed by atoms with Crippen molar-refractivity contribution in [1.82, 2.24) is 0 Å². The van der Waals surface area contributed by atoms with Crippen LogP contribution in [0.1, 0.15) is 25.0 Å². The smallest absolute Gasteiger partial charge is 0.146 e. The number of hydrogen-bond donors (Lipinski definition) is 2. The zero-order valence-corrected chi connectivity index (χ0v) is 14.4. The molecule has 2 aromatic rings. The van der Waals surface area contributed by atoms with E-state index in [4.69, 9.17) is 39.4 Å². The first-order valence-electron chi connectivity index (χ1n) is 7.08. The Morgan fingerprint density at radius 1 is 0.783 bits per heavy atom. The summed E-state index contributed by atoms with van der Waals surface area (Å²) in [5.41, 5.74) is 14.5. The van der Waals surface area contributed by atoms with Crippen molar-refractivity contribution < 1.29 is 4.74 Å². The molecular weight excluding hydrogens is 331 g/mol. The van der Waals surface area contributed by atoms with E-state index in [-0.39, 0.29) is 0 Å². The predicted octanol–water partition coefficient (Wildman–Crippen LogP) is 6.02. The van der Waals surface area contributed by atoms with Gasteiger partial charge in [-0.05, 0) is 38.1 Å². The maximum atomic E-state index is 6.39. The van der Waals surface area contributed by atoms with Crippen LogP contribution >= 0.6 is 23.2 Å². The Bertz CT molecular complexity index is 718. The number of allylic oxidation sites excluding steroid dienone is 2. The summed E-state index contributed by atoms with van der Waals surface area (Å²) in [4.78, 5) is 0. The van der Waals surface area contributed by atoms with Crippen LogP contribution in [0.4, 0.5) is 11.4 Å². The molecule has 2 rings (SSSR count). The lowest BCUT2D eigenvalue weighted by Crippen LogP contribution is -1.96. The van der Waals surface area contributed by atoms with Gasteiger partial charge >= 0.3 is 0 Å². The molecule has 0 aliphatic heterocycles. The van der Waals surface area contributed by atoms with Crippen molar-refractivity contribution >= 4 is 46.7 Å². The summed E-state index contributed by atoms with van der Waals surface area (Å²) in [7, 11) is 0. The molecule has 0 spiro atoms. The minimum atomic E-state index is 0.434. The number of nitrogen functional groups attached to an aromatic ring is 2. The average molecular weight is 349 g/mol. The van der Waals surface area contributed by atoms with Gasteiger partial charge in [-0.25, -0.2) is 0 Å². The van der Waals surface area contributed by atoms with Gasteiger partial charge in [-0.15, -0.1) is 0 Å². The molecule has 0 saturated heterocycles. The fraction of sp³-hybridized carbons (Fsp3) is 0.111. The third-order valence-electron chi connectivity index (χ3n) is 3.24. The monoisotopic (exact) mass is 348 g/mol. The van der Waals surface area contributed by atoms with Crippen molar-refractivity contribution in [3.63, 3.8) is 0 Å². The number of ether oxygens (including phenoxy) is 1. The first kappa shape index (κ1) is 17.3. The lowest BCUT2D eigenvalue weighted by molar-refractivity contribution is 0.483. The molecule has 0 heterocycles. The van der Waals surface area contributed by atoms with Crippen molar-refractivity contribution in [2.24, 2.45) is 0 Å². The molecule has 23 heavy (non-hydrogen) atoms. The van der Waals surface area contributed by atoms with Gasteiger partial charge in [-0.1, -0.05) is 47.5 Å². The topological polar surface area (TPSA) is 61.3 Å². The molecule has 0 unspecified atom stereocenters. The maximum Gasteiger partial charge on any atom is 0.146 e. The summed E-state index contributed by atoms with van der Waals surface area (Å²) in [5, 5.41) is 0.868. The summed E-state index contributed by atoms with van der Waals surface area (Å²) in [6.07, 6.45) is 7.39. The van der Waals surface area contributed by atoms with E-state index in [1.807, 2.05) is 38.2 Å². The zero-order valence-electron chi connectivity index (χ0n) is 12.9. The van der Waals surface area contributed by atoms with Gasteiger partial charge in [0.05, 0.1) is 10.0 Å². The fourth-order valence-corrected chi connectivity index (χ4v) is 2.67. The Morgan fingerprint density at radius 2 is 1.17 bits per heavy atom. The highest BCUT2D eigenvalue weighted by molar-refractivity contribution is 6.35. The number of halogens is 2. The van der Waals surface area contributed by atoms with Gasteiger partial charge in [-0.2, -0.15) is 0 Å². The Kier molecular flexibility index (Phi) is 5.59. The second kappa shape index (κ2) is 7.44. The second-order valence-corrected chi connectivity index (χ2v) is 5.62. The molecule has 0 amide bonds. The van der Waals surface area contributed by atoms with Gasteiger partial charge in [0.2, 0.25) is 0 Å². The number of hydrogen-bond acceptors (Lipinski definition) is 3. The van der Waals surface area contributed by atoms with E-state index in [1.54, 1.807) is 24.3 Å². The summed E-state index contributed by atoms with van der Waals surface area (Å²) < 4.78 is 5.88. The molecule has 0 atom stereocenters. The molecule has 5 heteroatoms. The standard InChI is InChI=1S/C18H18Cl2N2O/c1-3-5-11-13(21)7-9-15(17(11)19)23-16-10-8-14(22)12(6-4-2)18(16)20/h3-10H,21-22H2,1-2H3. The van der Waals surface area contributed by atoms with Gasteiger partial charge in [0, 0.05) is 22.5 Å². The van der Waals surface area contributed by atoms with Crippen LogP contribution in [-0.4, -0.2) is 0 Å². The quantitative estimate of drug-likeness (QED) is 0.664. The Balaban J connectivity index is 2.48. The zero-order chi connectivity index (χ0) is 17.0. The molecule has 0 radical (unpaired) electrons. The van der Waals surface area contributed by atoms with E-state index in [0.29, 0.717) is 44.0 Å². The second-order valence-electron chi connectivity index (χ2n) is 4.86. The van der Waals surface area contributed by atoms with Crippen LogP contribution in [0.5, 0.6) is 11.5 Å². The van der Waals surface area contributed by atoms with E-state index in [9.17, 15) is 0 Å². The van der Waals surface area contributed by atoms with Crippen LogP contribution < -0.4 is 16.2 Å². The molecule has 0 fully saturated rings. The first-order chi connectivity index (χ1) is 11.0. The van der Waals surface area contributed by atoms with E-state index >= 15 is 0 Å². The lowest BCUT2D eigenvalue weighted by Gasteiger charge is -2.14. The van der Waals surface area contributed by atoms with E-state index < -0.39 is 0 Å². The fourth-order valence-electron chi connectivity index (χ4n) is 2.12. The summed E-state index contributed by atoms with van der Waals surface area (Å²) >= 11 is 12.8.